The first-order valence-electron chi connectivity index (χ1n) is 0.447. The van der Waals surface area contributed by atoms with E-state index in [4.69, 9.17) is 5.11 Å². The standard InChI is InChI=1S/CH4O.BrH.FH/c1-2;;/h2H,1H3;2*1H. The Labute approximate surface area is 34.8 Å². The Bertz CT molecular complexity index is 8.00. The highest BCUT2D eigenvalue weighted by molar-refractivity contribution is 8.93. The van der Waals surface area contributed by atoms with Crippen molar-refractivity contribution >= 4 is 17.0 Å². The maximum absolute atomic E-state index is 7.00. The van der Waals surface area contributed by atoms with Crippen molar-refractivity contribution in [2.45, 2.75) is 0 Å². The molecule has 0 aromatic rings. The summed E-state index contributed by atoms with van der Waals surface area (Å²) in [6.45, 7) is 0. The summed E-state index contributed by atoms with van der Waals surface area (Å²) in [5.41, 5.74) is 0. The number of halogens is 2. The third-order valence-corrected chi connectivity index (χ3v) is 0. The average molecular weight is 133 g/mol. The summed E-state index contributed by atoms with van der Waals surface area (Å²) in [5.74, 6) is 0. The number of rotatable bonds is 0. The van der Waals surface area contributed by atoms with Crippen LogP contribution in [0.3, 0.4) is 0 Å². The third-order valence-electron chi connectivity index (χ3n) is 0. The molecule has 0 aliphatic rings. The van der Waals surface area contributed by atoms with E-state index in [1.165, 1.54) is 0 Å². The maximum Gasteiger partial charge on any atom is 0.0319 e. The Balaban J connectivity index is -0.00000000500. The lowest BCUT2D eigenvalue weighted by atomic mass is 11.8. The van der Waals surface area contributed by atoms with E-state index in [1.54, 1.807) is 0 Å². The van der Waals surface area contributed by atoms with Crippen LogP contribution in [0.1, 0.15) is 0 Å². The molecule has 0 atom stereocenters. The summed E-state index contributed by atoms with van der Waals surface area (Å²) in [5, 5.41) is 7.00. The van der Waals surface area contributed by atoms with Crippen LogP contribution < -0.4 is 0 Å². The molecule has 0 aliphatic carbocycles. The van der Waals surface area contributed by atoms with E-state index < -0.39 is 0 Å². The number of hydrogen-bond acceptors (Lipinski definition) is 1. The molecule has 0 spiro atoms. The highest BCUT2D eigenvalue weighted by Gasteiger charge is 0.839. The predicted molar refractivity (Wildman–Crippen MR) is 21.0 cm³/mol. The summed E-state index contributed by atoms with van der Waals surface area (Å²) in [6.07, 6.45) is 0. The fraction of sp³-hybridized carbons (Fsp3) is 1.00. The number of aliphatic hydroxyl groups excluding tert-OH is 1. The number of aliphatic hydroxyl groups is 1. The minimum atomic E-state index is 0. The molecular weight excluding hydrogens is 127 g/mol. The van der Waals surface area contributed by atoms with Crippen molar-refractivity contribution in [3.05, 3.63) is 0 Å². The molecule has 0 bridgehead atoms. The van der Waals surface area contributed by atoms with E-state index in [2.05, 4.69) is 0 Å². The lowest BCUT2D eigenvalue weighted by Gasteiger charge is -1.21. The lowest BCUT2D eigenvalue weighted by molar-refractivity contribution is 0.399. The van der Waals surface area contributed by atoms with Gasteiger partial charge in [0.05, 0.1) is 0 Å². The molecule has 0 saturated heterocycles. The Morgan fingerprint density at radius 3 is 1.25 bits per heavy atom. The van der Waals surface area contributed by atoms with Crippen LogP contribution >= 0.6 is 17.0 Å². The van der Waals surface area contributed by atoms with E-state index in [1.807, 2.05) is 0 Å². The van der Waals surface area contributed by atoms with Crippen LogP contribution in [0.15, 0.2) is 0 Å². The quantitative estimate of drug-likeness (QED) is 0.505. The van der Waals surface area contributed by atoms with Crippen molar-refractivity contribution in [3.8, 4) is 0 Å². The van der Waals surface area contributed by atoms with Gasteiger partial charge in [-0.3, -0.25) is 4.70 Å². The van der Waals surface area contributed by atoms with E-state index in [-0.39, 0.29) is 21.7 Å². The van der Waals surface area contributed by atoms with Gasteiger partial charge in [-0.2, -0.15) is 0 Å². The fourth-order valence-corrected chi connectivity index (χ4v) is 0. The second-order valence-electron chi connectivity index (χ2n) is 0. The first kappa shape index (κ1) is 26.4. The lowest BCUT2D eigenvalue weighted by Crippen LogP contribution is -1.25. The zero-order valence-electron chi connectivity index (χ0n) is 2.26. The molecule has 1 nitrogen and oxygen atoms in total. The van der Waals surface area contributed by atoms with Gasteiger partial charge in [-0.1, -0.05) is 0 Å². The molecular formula is CH6BrFO. The van der Waals surface area contributed by atoms with Gasteiger partial charge in [-0.05, 0) is 0 Å². The molecule has 0 heterocycles. The first-order valence-corrected chi connectivity index (χ1v) is 0.447. The monoisotopic (exact) mass is 132 g/mol. The molecule has 1 N–H and O–H groups in total. The van der Waals surface area contributed by atoms with Crippen LogP contribution in [0.4, 0.5) is 4.70 Å². The van der Waals surface area contributed by atoms with Gasteiger partial charge in [0.1, 0.15) is 0 Å². The van der Waals surface area contributed by atoms with E-state index in [0.29, 0.717) is 0 Å². The van der Waals surface area contributed by atoms with Crippen LogP contribution in [0.25, 0.3) is 0 Å². The van der Waals surface area contributed by atoms with Gasteiger partial charge in [-0.25, -0.2) is 0 Å². The van der Waals surface area contributed by atoms with E-state index in [0.717, 1.165) is 7.11 Å². The molecule has 0 radical (unpaired) electrons. The number of hydrogen-bond donors (Lipinski definition) is 1. The van der Waals surface area contributed by atoms with Gasteiger partial charge in [0.2, 0.25) is 0 Å². The Morgan fingerprint density at radius 2 is 1.25 bits per heavy atom. The summed E-state index contributed by atoms with van der Waals surface area (Å²) < 4.78 is 0. The fourth-order valence-electron chi connectivity index (χ4n) is 0. The maximum atomic E-state index is 7.00. The Morgan fingerprint density at radius 1 is 1.25 bits per heavy atom. The van der Waals surface area contributed by atoms with E-state index in [9.17, 15) is 0 Å². The van der Waals surface area contributed by atoms with Gasteiger partial charge >= 0.3 is 0 Å². The van der Waals surface area contributed by atoms with Crippen molar-refractivity contribution < 1.29 is 9.81 Å². The third kappa shape index (κ3) is 32.5. The van der Waals surface area contributed by atoms with Gasteiger partial charge in [0.15, 0.2) is 0 Å². The molecule has 30 valence electrons. The van der Waals surface area contributed by atoms with Crippen LogP contribution in [-0.4, -0.2) is 12.2 Å². The first-order chi connectivity index (χ1) is 1.00. The molecule has 0 aromatic heterocycles. The van der Waals surface area contributed by atoms with Gasteiger partial charge in [0.25, 0.3) is 0 Å². The zero-order chi connectivity index (χ0) is 2.00. The molecule has 3 heteroatoms. The molecule has 0 unspecified atom stereocenters. The van der Waals surface area contributed by atoms with Gasteiger partial charge in [-0.15, -0.1) is 17.0 Å². The highest BCUT2D eigenvalue weighted by atomic mass is 79.9. The summed E-state index contributed by atoms with van der Waals surface area (Å²) in [6, 6.07) is 0. The summed E-state index contributed by atoms with van der Waals surface area (Å²) in [7, 11) is 1.00. The topological polar surface area (TPSA) is 20.2 Å². The molecule has 0 rings (SSSR count). The second-order valence-corrected chi connectivity index (χ2v) is 0. The van der Waals surface area contributed by atoms with E-state index >= 15 is 0 Å². The van der Waals surface area contributed by atoms with Crippen LogP contribution in [0, 0.1) is 0 Å². The predicted octanol–water partition coefficient (Wildman–Crippen LogP) is 0.339. The zero-order valence-corrected chi connectivity index (χ0v) is 3.98. The van der Waals surface area contributed by atoms with Gasteiger partial charge < -0.3 is 5.11 Å². The Kier molecular flexibility index (Phi) is 914. The molecule has 4 heavy (non-hydrogen) atoms. The SMILES string of the molecule is Br.CO.F. The van der Waals surface area contributed by atoms with Crippen molar-refractivity contribution in [2.24, 2.45) is 0 Å². The normalized spacial score (nSPS) is 1.50. The van der Waals surface area contributed by atoms with Crippen LogP contribution in [-0.2, 0) is 0 Å². The summed E-state index contributed by atoms with van der Waals surface area (Å²) in [4.78, 5) is 0. The average Bonchev–Trinajstić information content (AvgIpc) is 1.00. The van der Waals surface area contributed by atoms with Crippen molar-refractivity contribution in [1.29, 1.82) is 0 Å². The summed E-state index contributed by atoms with van der Waals surface area (Å²) >= 11 is 0. The van der Waals surface area contributed by atoms with Crippen molar-refractivity contribution in [2.75, 3.05) is 7.11 Å². The molecule has 0 saturated carbocycles. The second kappa shape index (κ2) is 138. The largest absolute Gasteiger partial charge is 0.400 e. The highest BCUT2D eigenvalue weighted by Crippen LogP contribution is 0.846. The molecule has 0 aromatic carbocycles. The van der Waals surface area contributed by atoms with Crippen LogP contribution in [0.5, 0.6) is 0 Å². The molecule has 0 amide bonds. The molecule has 0 aliphatic heterocycles. The minimum absolute atomic E-state index is 0. The Hall–Kier alpha value is 0.370. The van der Waals surface area contributed by atoms with Gasteiger partial charge in [0, 0.05) is 7.11 Å². The van der Waals surface area contributed by atoms with Crippen molar-refractivity contribution in [3.63, 3.8) is 0 Å². The van der Waals surface area contributed by atoms with Crippen molar-refractivity contribution in [1.82, 2.24) is 0 Å². The minimum Gasteiger partial charge on any atom is -0.400 e. The smallest absolute Gasteiger partial charge is 0.0319 e. The molecule has 0 fully saturated rings. The van der Waals surface area contributed by atoms with Crippen LogP contribution in [0.2, 0.25) is 0 Å².